The van der Waals surface area contributed by atoms with Crippen LogP contribution in [-0.2, 0) is 6.54 Å². The van der Waals surface area contributed by atoms with Gasteiger partial charge >= 0.3 is 0 Å². The van der Waals surface area contributed by atoms with Crippen molar-refractivity contribution < 1.29 is 0 Å². The Bertz CT molecular complexity index is 449. The Morgan fingerprint density at radius 3 is 2.60 bits per heavy atom. The number of nitrogens with one attached hydrogen (secondary N) is 1. The zero-order valence-electron chi connectivity index (χ0n) is 13.8. The molecule has 1 unspecified atom stereocenters. The fourth-order valence-corrected chi connectivity index (χ4v) is 3.22. The molecule has 1 atom stereocenters. The maximum absolute atomic E-state index is 3.78. The minimum Gasteiger partial charge on any atom is -0.308 e. The van der Waals surface area contributed by atoms with E-state index < -0.39 is 0 Å². The highest BCUT2D eigenvalue weighted by molar-refractivity contribution is 5.30. The number of piperazine rings is 1. The van der Waals surface area contributed by atoms with Crippen LogP contribution in [0.4, 0.5) is 0 Å². The average molecular weight is 274 g/mol. The van der Waals surface area contributed by atoms with Gasteiger partial charge in [-0.15, -0.1) is 0 Å². The Morgan fingerprint density at radius 2 is 1.95 bits per heavy atom. The summed E-state index contributed by atoms with van der Waals surface area (Å²) in [6.45, 7) is 14.7. The fraction of sp³-hybridized carbons (Fsp3) is 0.667. The molecule has 0 spiro atoms. The summed E-state index contributed by atoms with van der Waals surface area (Å²) < 4.78 is 0. The Kier molecular flexibility index (Phi) is 4.87. The molecule has 1 fully saturated rings. The quantitative estimate of drug-likeness (QED) is 0.901. The Balaban J connectivity index is 2.16. The van der Waals surface area contributed by atoms with Gasteiger partial charge in [0.15, 0.2) is 0 Å². The van der Waals surface area contributed by atoms with Crippen LogP contribution in [0.3, 0.4) is 0 Å². The summed E-state index contributed by atoms with van der Waals surface area (Å²) in [6.07, 6.45) is 2.42. The van der Waals surface area contributed by atoms with E-state index in [1.54, 1.807) is 0 Å². The SMILES string of the molecule is CCC1(CC)CN(Cc2cc(C)ccc2C)C(C)CN1. The smallest absolute Gasteiger partial charge is 0.0304 e. The molecular formula is C18H30N2. The van der Waals surface area contributed by atoms with Crippen LogP contribution in [0.15, 0.2) is 18.2 Å². The van der Waals surface area contributed by atoms with E-state index in [2.05, 4.69) is 63.0 Å². The highest BCUT2D eigenvalue weighted by atomic mass is 15.2. The van der Waals surface area contributed by atoms with E-state index in [9.17, 15) is 0 Å². The molecule has 2 rings (SSSR count). The van der Waals surface area contributed by atoms with Crippen molar-refractivity contribution in [2.24, 2.45) is 0 Å². The Morgan fingerprint density at radius 1 is 1.25 bits per heavy atom. The third-order valence-electron chi connectivity index (χ3n) is 5.13. The lowest BCUT2D eigenvalue weighted by molar-refractivity contribution is 0.0744. The van der Waals surface area contributed by atoms with Crippen molar-refractivity contribution in [1.82, 2.24) is 10.2 Å². The molecule has 1 heterocycles. The molecule has 1 aliphatic rings. The van der Waals surface area contributed by atoms with Crippen LogP contribution in [0.25, 0.3) is 0 Å². The van der Waals surface area contributed by atoms with Crippen molar-refractivity contribution in [3.63, 3.8) is 0 Å². The summed E-state index contributed by atoms with van der Waals surface area (Å²) in [6, 6.07) is 7.43. The van der Waals surface area contributed by atoms with Crippen molar-refractivity contribution in [1.29, 1.82) is 0 Å². The first-order chi connectivity index (χ1) is 9.49. The lowest BCUT2D eigenvalue weighted by Gasteiger charge is -2.46. The van der Waals surface area contributed by atoms with E-state index in [-0.39, 0.29) is 0 Å². The van der Waals surface area contributed by atoms with Gasteiger partial charge in [0.2, 0.25) is 0 Å². The number of benzene rings is 1. The molecule has 0 saturated carbocycles. The topological polar surface area (TPSA) is 15.3 Å². The van der Waals surface area contributed by atoms with E-state index >= 15 is 0 Å². The van der Waals surface area contributed by atoms with Crippen LogP contribution >= 0.6 is 0 Å². The molecule has 0 radical (unpaired) electrons. The summed E-state index contributed by atoms with van der Waals surface area (Å²) in [5, 5.41) is 3.78. The van der Waals surface area contributed by atoms with Gasteiger partial charge in [0.05, 0.1) is 0 Å². The molecule has 0 amide bonds. The Labute approximate surface area is 124 Å². The number of nitrogens with zero attached hydrogens (tertiary/aromatic N) is 1. The largest absolute Gasteiger partial charge is 0.308 e. The standard InChI is InChI=1S/C18H30N2/c1-6-18(7-2)13-20(16(5)11-19-18)12-17-10-14(3)8-9-15(17)4/h8-10,16,19H,6-7,11-13H2,1-5H3. The normalized spacial score (nSPS) is 22.9. The molecule has 20 heavy (non-hydrogen) atoms. The Hall–Kier alpha value is -0.860. The van der Waals surface area contributed by atoms with E-state index in [0.717, 1.165) is 19.6 Å². The summed E-state index contributed by atoms with van der Waals surface area (Å²) >= 11 is 0. The van der Waals surface area contributed by atoms with Gasteiger partial charge in [0, 0.05) is 31.2 Å². The fourth-order valence-electron chi connectivity index (χ4n) is 3.22. The molecule has 1 aromatic carbocycles. The molecule has 2 heteroatoms. The average Bonchev–Trinajstić information content (AvgIpc) is 2.45. The molecule has 1 N–H and O–H groups in total. The predicted octanol–water partition coefficient (Wildman–Crippen LogP) is 3.66. The van der Waals surface area contributed by atoms with E-state index in [1.165, 1.54) is 29.5 Å². The number of aryl methyl sites for hydroxylation is 2. The third kappa shape index (κ3) is 3.24. The van der Waals surface area contributed by atoms with Gasteiger partial charge < -0.3 is 5.32 Å². The highest BCUT2D eigenvalue weighted by Crippen LogP contribution is 2.25. The van der Waals surface area contributed by atoms with Gasteiger partial charge in [-0.25, -0.2) is 0 Å². The zero-order valence-corrected chi connectivity index (χ0v) is 13.8. The van der Waals surface area contributed by atoms with E-state index in [1.807, 2.05) is 0 Å². The van der Waals surface area contributed by atoms with Crippen molar-refractivity contribution in [3.05, 3.63) is 34.9 Å². The number of rotatable bonds is 4. The molecule has 1 aliphatic heterocycles. The van der Waals surface area contributed by atoms with Crippen LogP contribution in [0.2, 0.25) is 0 Å². The molecule has 0 aromatic heterocycles. The van der Waals surface area contributed by atoms with Gasteiger partial charge in [0.25, 0.3) is 0 Å². The first-order valence-corrected chi connectivity index (χ1v) is 8.05. The van der Waals surface area contributed by atoms with Crippen LogP contribution in [0.1, 0.15) is 50.3 Å². The number of hydrogen-bond acceptors (Lipinski definition) is 2. The van der Waals surface area contributed by atoms with Gasteiger partial charge in [0.1, 0.15) is 0 Å². The maximum atomic E-state index is 3.78. The van der Waals surface area contributed by atoms with Crippen LogP contribution in [0.5, 0.6) is 0 Å². The van der Waals surface area contributed by atoms with Gasteiger partial charge in [-0.3, -0.25) is 4.90 Å². The first-order valence-electron chi connectivity index (χ1n) is 8.05. The van der Waals surface area contributed by atoms with Crippen molar-refractivity contribution in [2.45, 2.75) is 65.6 Å². The molecule has 1 saturated heterocycles. The summed E-state index contributed by atoms with van der Waals surface area (Å²) in [7, 11) is 0. The highest BCUT2D eigenvalue weighted by Gasteiger charge is 2.34. The summed E-state index contributed by atoms with van der Waals surface area (Å²) in [5.41, 5.74) is 4.58. The van der Waals surface area contributed by atoms with Gasteiger partial charge in [-0.05, 0) is 44.7 Å². The maximum Gasteiger partial charge on any atom is 0.0304 e. The third-order valence-corrected chi connectivity index (χ3v) is 5.13. The van der Waals surface area contributed by atoms with Gasteiger partial charge in [-0.1, -0.05) is 37.6 Å². The van der Waals surface area contributed by atoms with Crippen molar-refractivity contribution in [3.8, 4) is 0 Å². The lowest BCUT2D eigenvalue weighted by Crippen LogP contribution is -2.62. The second-order valence-corrected chi connectivity index (χ2v) is 6.55. The molecule has 0 aliphatic carbocycles. The van der Waals surface area contributed by atoms with Crippen molar-refractivity contribution in [2.75, 3.05) is 13.1 Å². The van der Waals surface area contributed by atoms with E-state index in [0.29, 0.717) is 11.6 Å². The molecular weight excluding hydrogens is 244 g/mol. The second-order valence-electron chi connectivity index (χ2n) is 6.55. The molecule has 2 nitrogen and oxygen atoms in total. The molecule has 112 valence electrons. The zero-order chi connectivity index (χ0) is 14.8. The summed E-state index contributed by atoms with van der Waals surface area (Å²) in [5.74, 6) is 0. The summed E-state index contributed by atoms with van der Waals surface area (Å²) in [4.78, 5) is 2.66. The first kappa shape index (κ1) is 15.5. The van der Waals surface area contributed by atoms with Gasteiger partial charge in [-0.2, -0.15) is 0 Å². The van der Waals surface area contributed by atoms with Crippen LogP contribution < -0.4 is 5.32 Å². The number of hydrogen-bond donors (Lipinski definition) is 1. The van der Waals surface area contributed by atoms with E-state index in [4.69, 9.17) is 0 Å². The monoisotopic (exact) mass is 274 g/mol. The minimum absolute atomic E-state index is 0.310. The van der Waals surface area contributed by atoms with Crippen LogP contribution in [-0.4, -0.2) is 29.6 Å². The molecule has 0 bridgehead atoms. The lowest BCUT2D eigenvalue weighted by atomic mass is 9.88. The van der Waals surface area contributed by atoms with Crippen molar-refractivity contribution >= 4 is 0 Å². The second kappa shape index (κ2) is 6.28. The van der Waals surface area contributed by atoms with Crippen LogP contribution in [0, 0.1) is 13.8 Å². The minimum atomic E-state index is 0.310. The molecule has 1 aromatic rings. The predicted molar refractivity (Wildman–Crippen MR) is 87.1 cm³/mol.